The van der Waals surface area contributed by atoms with Gasteiger partial charge in [-0.1, -0.05) is 119 Å². The van der Waals surface area contributed by atoms with E-state index in [-0.39, 0.29) is 5.04 Å². The monoisotopic (exact) mass is 392 g/mol. The summed E-state index contributed by atoms with van der Waals surface area (Å²) in [5, 5.41) is 13.3. The Labute approximate surface area is 167 Å². The second-order valence-electron chi connectivity index (χ2n) is 9.11. The molecule has 0 heterocycles. The normalized spacial score (nSPS) is 13.9. The molecule has 1 N–H and O–H groups in total. The van der Waals surface area contributed by atoms with Gasteiger partial charge in [0.1, 0.15) is 22.3 Å². The summed E-state index contributed by atoms with van der Waals surface area (Å²) in [5.41, 5.74) is 5.57. The molecule has 0 aromatic heterocycles. The van der Waals surface area contributed by atoms with Gasteiger partial charge in [-0.05, 0) is 15.4 Å². The van der Waals surface area contributed by atoms with Crippen molar-refractivity contribution in [3.8, 4) is 11.5 Å². The van der Waals surface area contributed by atoms with Gasteiger partial charge in [0, 0.05) is 0 Å². The molecule has 0 saturated heterocycles. The van der Waals surface area contributed by atoms with Crippen LogP contribution in [0.3, 0.4) is 0 Å². The highest BCUT2D eigenvalue weighted by atomic mass is 28.3. The zero-order valence-electron chi connectivity index (χ0n) is 17.5. The number of aliphatic hydroxyl groups is 1. The molecule has 1 unspecified atom stereocenters. The summed E-state index contributed by atoms with van der Waals surface area (Å²) in [6, 6.07) is 21.5. The zero-order chi connectivity index (χ0) is 20.1. The quantitative estimate of drug-likeness (QED) is 0.604. The van der Waals surface area contributed by atoms with E-state index in [4.69, 9.17) is 0 Å². The van der Waals surface area contributed by atoms with E-state index >= 15 is 0 Å². The van der Waals surface area contributed by atoms with Crippen LogP contribution in [0.15, 0.2) is 72.4 Å². The molecule has 0 amide bonds. The molecule has 1 nitrogen and oxygen atoms in total. The predicted molar refractivity (Wildman–Crippen MR) is 124 cm³/mol. The van der Waals surface area contributed by atoms with E-state index in [9.17, 15) is 5.11 Å². The first kappa shape index (κ1) is 21.4. The summed E-state index contributed by atoms with van der Waals surface area (Å²) in [6.45, 7) is 13.5. The SMILES string of the molecule is CC(C)(C)[Si](/C=C/C(O)C#C[Si](C)(C)C)(c1ccccc1)c1ccccc1. The Morgan fingerprint density at radius 1 is 0.852 bits per heavy atom. The van der Waals surface area contributed by atoms with Gasteiger partial charge in [0.25, 0.3) is 0 Å². The first-order valence-corrected chi connectivity index (χ1v) is 15.2. The molecule has 142 valence electrons. The van der Waals surface area contributed by atoms with E-state index < -0.39 is 22.3 Å². The lowest BCUT2D eigenvalue weighted by Crippen LogP contribution is -2.63. The Balaban J connectivity index is 2.62. The van der Waals surface area contributed by atoms with E-state index in [1.54, 1.807) is 0 Å². The fourth-order valence-corrected chi connectivity index (χ4v) is 8.89. The average molecular weight is 393 g/mol. The molecule has 0 radical (unpaired) electrons. The topological polar surface area (TPSA) is 20.2 Å². The maximum atomic E-state index is 10.5. The van der Waals surface area contributed by atoms with Crippen LogP contribution in [0.4, 0.5) is 0 Å². The van der Waals surface area contributed by atoms with Crippen LogP contribution in [-0.4, -0.2) is 27.4 Å². The lowest BCUT2D eigenvalue weighted by atomic mass is 10.2. The standard InChI is InChI=1S/C24H32OSi2/c1-24(2,3)27(22-13-9-7-10-14-22,23-15-11-8-12-16-23)20-18-21(25)17-19-26(4,5)6/h7-16,18,20-21,25H,1-6H3/b20-18+. The highest BCUT2D eigenvalue weighted by Gasteiger charge is 2.45. The molecule has 0 spiro atoms. The number of rotatable bonds is 4. The molecule has 0 aliphatic heterocycles. The van der Waals surface area contributed by atoms with Crippen LogP contribution in [0.1, 0.15) is 20.8 Å². The molecule has 2 aromatic rings. The summed E-state index contributed by atoms with van der Waals surface area (Å²) < 4.78 is 0. The maximum Gasteiger partial charge on any atom is 0.146 e. The maximum absolute atomic E-state index is 10.5. The number of benzene rings is 2. The van der Waals surface area contributed by atoms with E-state index in [1.165, 1.54) is 10.4 Å². The smallest absolute Gasteiger partial charge is 0.146 e. The van der Waals surface area contributed by atoms with Crippen LogP contribution < -0.4 is 10.4 Å². The van der Waals surface area contributed by atoms with Crippen molar-refractivity contribution < 1.29 is 5.11 Å². The summed E-state index contributed by atoms with van der Waals surface area (Å²) in [5.74, 6) is 3.05. The third-order valence-corrected chi connectivity index (χ3v) is 11.2. The van der Waals surface area contributed by atoms with E-state index in [1.807, 2.05) is 6.08 Å². The molecule has 0 aliphatic carbocycles. The second-order valence-corrected chi connectivity index (χ2v) is 18.5. The van der Waals surface area contributed by atoms with Crippen LogP contribution in [0.5, 0.6) is 0 Å². The highest BCUT2D eigenvalue weighted by Crippen LogP contribution is 2.36. The van der Waals surface area contributed by atoms with Gasteiger partial charge in [-0.2, -0.15) is 0 Å². The van der Waals surface area contributed by atoms with E-state index in [0.717, 1.165) is 0 Å². The predicted octanol–water partition coefficient (Wildman–Crippen LogP) is 4.39. The van der Waals surface area contributed by atoms with Crippen molar-refractivity contribution in [2.75, 3.05) is 0 Å². The van der Waals surface area contributed by atoms with Gasteiger partial charge >= 0.3 is 0 Å². The molecule has 3 heteroatoms. The van der Waals surface area contributed by atoms with E-state index in [2.05, 4.69) is 118 Å². The minimum Gasteiger partial charge on any atom is -0.377 e. The van der Waals surface area contributed by atoms with Crippen LogP contribution in [0.2, 0.25) is 24.7 Å². The van der Waals surface area contributed by atoms with Gasteiger partial charge in [-0.3, -0.25) is 0 Å². The largest absolute Gasteiger partial charge is 0.377 e. The van der Waals surface area contributed by atoms with Crippen LogP contribution in [0.25, 0.3) is 0 Å². The molecule has 0 fully saturated rings. The van der Waals surface area contributed by atoms with Gasteiger partial charge in [0.2, 0.25) is 0 Å². The minimum atomic E-state index is -2.28. The summed E-state index contributed by atoms with van der Waals surface area (Å²) in [7, 11) is -3.79. The lowest BCUT2D eigenvalue weighted by Gasteiger charge is -2.42. The molecular formula is C24H32OSi2. The number of hydrogen-bond donors (Lipinski definition) is 1. The van der Waals surface area contributed by atoms with Gasteiger partial charge < -0.3 is 5.11 Å². The first-order chi connectivity index (χ1) is 12.6. The van der Waals surface area contributed by atoms with Crippen molar-refractivity contribution >= 4 is 26.5 Å². The molecule has 0 bridgehead atoms. The Morgan fingerprint density at radius 2 is 1.30 bits per heavy atom. The van der Waals surface area contributed by atoms with Crippen molar-refractivity contribution in [2.45, 2.75) is 51.6 Å². The molecule has 0 aliphatic rings. The summed E-state index contributed by atoms with van der Waals surface area (Å²) in [4.78, 5) is 0. The third kappa shape index (κ3) is 5.32. The fourth-order valence-electron chi connectivity index (χ4n) is 3.45. The van der Waals surface area contributed by atoms with Crippen molar-refractivity contribution in [2.24, 2.45) is 0 Å². The van der Waals surface area contributed by atoms with Crippen LogP contribution in [-0.2, 0) is 0 Å². The van der Waals surface area contributed by atoms with Gasteiger partial charge in [0.15, 0.2) is 0 Å². The molecule has 27 heavy (non-hydrogen) atoms. The summed E-state index contributed by atoms with van der Waals surface area (Å²) >= 11 is 0. The van der Waals surface area contributed by atoms with Crippen LogP contribution in [0, 0.1) is 11.5 Å². The Kier molecular flexibility index (Phi) is 6.70. The molecule has 2 rings (SSSR count). The Hall–Kier alpha value is -1.87. The Bertz CT molecular complexity index is 776. The van der Waals surface area contributed by atoms with Crippen molar-refractivity contribution in [3.05, 3.63) is 72.4 Å². The zero-order valence-corrected chi connectivity index (χ0v) is 19.5. The van der Waals surface area contributed by atoms with Crippen molar-refractivity contribution in [1.82, 2.24) is 0 Å². The first-order valence-electron chi connectivity index (χ1n) is 9.57. The highest BCUT2D eigenvalue weighted by molar-refractivity contribution is 7.07. The van der Waals surface area contributed by atoms with Gasteiger partial charge in [0.05, 0.1) is 0 Å². The lowest BCUT2D eigenvalue weighted by molar-refractivity contribution is 0.281. The third-order valence-electron chi connectivity index (χ3n) is 4.76. The second kappa shape index (κ2) is 8.43. The van der Waals surface area contributed by atoms with Gasteiger partial charge in [-0.15, -0.1) is 5.54 Å². The van der Waals surface area contributed by atoms with Crippen molar-refractivity contribution in [1.29, 1.82) is 0 Å². The number of hydrogen-bond acceptors (Lipinski definition) is 1. The van der Waals surface area contributed by atoms with Gasteiger partial charge in [-0.25, -0.2) is 0 Å². The molecule has 1 atom stereocenters. The van der Waals surface area contributed by atoms with E-state index in [0.29, 0.717) is 0 Å². The Morgan fingerprint density at radius 3 is 1.67 bits per heavy atom. The molecule has 2 aromatic carbocycles. The minimum absolute atomic E-state index is 0.0398. The molecule has 0 saturated carbocycles. The van der Waals surface area contributed by atoms with Crippen LogP contribution >= 0.6 is 0 Å². The summed E-state index contributed by atoms with van der Waals surface area (Å²) in [6.07, 6.45) is 1.20. The number of aliphatic hydroxyl groups excluding tert-OH is 1. The molecular weight excluding hydrogens is 360 g/mol. The fraction of sp³-hybridized carbons (Fsp3) is 0.333. The van der Waals surface area contributed by atoms with Crippen molar-refractivity contribution in [3.63, 3.8) is 0 Å². The average Bonchev–Trinajstić information content (AvgIpc) is 2.60.